The molecule has 2 aromatic rings. The fourth-order valence-electron chi connectivity index (χ4n) is 3.79. The molecule has 0 bridgehead atoms. The van der Waals surface area contributed by atoms with Crippen molar-refractivity contribution in [3.05, 3.63) is 59.1 Å². The molecule has 0 saturated heterocycles. The lowest BCUT2D eigenvalue weighted by atomic mass is 10.2. The summed E-state index contributed by atoms with van der Waals surface area (Å²) in [7, 11) is -7.40. The van der Waals surface area contributed by atoms with Gasteiger partial charge in [-0.1, -0.05) is 36.6 Å². The average molecular weight is 469 g/mol. The summed E-state index contributed by atoms with van der Waals surface area (Å²) in [6.07, 6.45) is 5.33. The quantitative estimate of drug-likeness (QED) is 0.636. The van der Waals surface area contributed by atoms with E-state index >= 15 is 0 Å². The number of nitrogens with one attached hydrogen (secondary N) is 1. The zero-order valence-electron chi connectivity index (χ0n) is 16.5. The highest BCUT2D eigenvalue weighted by Gasteiger charge is 2.34. The summed E-state index contributed by atoms with van der Waals surface area (Å²) < 4.78 is 55.9. The fourth-order valence-corrected chi connectivity index (χ4v) is 6.89. The molecule has 6 nitrogen and oxygen atoms in total. The van der Waals surface area contributed by atoms with Gasteiger partial charge < -0.3 is 0 Å². The molecule has 1 N–H and O–H groups in total. The Kier molecular flexibility index (Phi) is 6.23. The minimum absolute atomic E-state index is 0.00403. The second-order valence-corrected chi connectivity index (χ2v) is 12.0. The Morgan fingerprint density at radius 3 is 1.97 bits per heavy atom. The molecule has 2 aromatic carbocycles. The van der Waals surface area contributed by atoms with Crippen molar-refractivity contribution in [1.82, 2.24) is 9.03 Å². The Hall–Kier alpha value is -1.45. The number of benzene rings is 2. The summed E-state index contributed by atoms with van der Waals surface area (Å²) in [5.74, 6) is 0. The number of nitrogens with zero attached hydrogens (tertiary/aromatic N) is 1. The summed E-state index contributed by atoms with van der Waals surface area (Å²) in [6, 6.07) is 12.6. The zero-order chi connectivity index (χ0) is 21.4. The first-order chi connectivity index (χ1) is 14.3. The second-order valence-electron chi connectivity index (χ2n) is 7.98. The maximum atomic E-state index is 13.5. The van der Waals surface area contributed by atoms with Gasteiger partial charge in [-0.15, -0.1) is 0 Å². The third-order valence-corrected chi connectivity index (χ3v) is 9.32. The zero-order valence-corrected chi connectivity index (χ0v) is 18.9. The highest BCUT2D eigenvalue weighted by molar-refractivity contribution is 7.89. The molecule has 0 unspecified atom stereocenters. The molecule has 2 fully saturated rings. The molecule has 0 radical (unpaired) electrons. The highest BCUT2D eigenvalue weighted by Crippen LogP contribution is 2.31. The van der Waals surface area contributed by atoms with Gasteiger partial charge in [0.1, 0.15) is 0 Å². The van der Waals surface area contributed by atoms with Gasteiger partial charge in [0.15, 0.2) is 0 Å². The molecule has 0 atom stereocenters. The molecule has 0 heterocycles. The topological polar surface area (TPSA) is 83.5 Å². The molecular formula is C21H25ClN2O4S2. The summed E-state index contributed by atoms with van der Waals surface area (Å²) in [5, 5.41) is 0.602. The summed E-state index contributed by atoms with van der Waals surface area (Å²) in [5.41, 5.74) is 0.864. The van der Waals surface area contributed by atoms with Crippen molar-refractivity contribution in [3.8, 4) is 0 Å². The average Bonchev–Trinajstić information content (AvgIpc) is 3.35. The minimum Gasteiger partial charge on any atom is -0.208 e. The molecule has 2 saturated carbocycles. The van der Waals surface area contributed by atoms with Crippen molar-refractivity contribution >= 4 is 31.6 Å². The molecule has 9 heteroatoms. The van der Waals surface area contributed by atoms with Crippen LogP contribution in [0.3, 0.4) is 0 Å². The van der Waals surface area contributed by atoms with Gasteiger partial charge in [0.25, 0.3) is 0 Å². The number of hydrogen-bond acceptors (Lipinski definition) is 4. The monoisotopic (exact) mass is 468 g/mol. The third-order valence-electron chi connectivity index (χ3n) is 5.62. The van der Waals surface area contributed by atoms with E-state index in [2.05, 4.69) is 4.72 Å². The van der Waals surface area contributed by atoms with Crippen LogP contribution in [-0.2, 0) is 26.6 Å². The lowest BCUT2D eigenvalue weighted by Crippen LogP contribution is -2.38. The smallest absolute Gasteiger partial charge is 0.208 e. The molecule has 2 aliphatic rings. The van der Waals surface area contributed by atoms with Crippen molar-refractivity contribution in [3.63, 3.8) is 0 Å². The Morgan fingerprint density at radius 2 is 1.40 bits per heavy atom. The molecule has 30 heavy (non-hydrogen) atoms. The first-order valence-electron chi connectivity index (χ1n) is 10.1. The standard InChI is InChI=1S/C21H25ClN2O4S2/c22-17-7-5-16(6-8-17)15-24(19-3-1-2-4-19)30(27,28)21-13-11-20(12-14-21)29(25,26)23-18-9-10-18/h5-8,11-14,18-19,23H,1-4,9-10,15H2. The highest BCUT2D eigenvalue weighted by atomic mass is 35.5. The van der Waals surface area contributed by atoms with Crippen LogP contribution in [0.15, 0.2) is 58.3 Å². The molecule has 4 rings (SSSR count). The van der Waals surface area contributed by atoms with Gasteiger partial charge in [-0.05, 0) is 67.6 Å². The van der Waals surface area contributed by atoms with Gasteiger partial charge in [0.05, 0.1) is 9.79 Å². The number of sulfonamides is 2. The van der Waals surface area contributed by atoms with E-state index in [0.29, 0.717) is 5.02 Å². The van der Waals surface area contributed by atoms with Crippen LogP contribution >= 0.6 is 11.6 Å². The number of rotatable bonds is 8. The first kappa shape index (κ1) is 21.8. The minimum atomic E-state index is -3.78. The van der Waals surface area contributed by atoms with Crippen LogP contribution < -0.4 is 4.72 Å². The van der Waals surface area contributed by atoms with Crippen LogP contribution in [0.25, 0.3) is 0 Å². The van der Waals surface area contributed by atoms with Crippen molar-refractivity contribution in [1.29, 1.82) is 0 Å². The SMILES string of the molecule is O=S(=O)(NC1CC1)c1ccc(S(=O)(=O)N(Cc2ccc(Cl)cc2)C2CCCC2)cc1. The van der Waals surface area contributed by atoms with Crippen LogP contribution in [0.5, 0.6) is 0 Å². The molecule has 162 valence electrons. The molecule has 0 amide bonds. The first-order valence-corrected chi connectivity index (χ1v) is 13.4. The van der Waals surface area contributed by atoms with Crippen molar-refractivity contribution < 1.29 is 16.8 Å². The van der Waals surface area contributed by atoms with Crippen molar-refractivity contribution in [2.75, 3.05) is 0 Å². The Labute approximate surface area is 183 Å². The van der Waals surface area contributed by atoms with E-state index in [0.717, 1.165) is 44.1 Å². The largest absolute Gasteiger partial charge is 0.243 e. The summed E-state index contributed by atoms with van der Waals surface area (Å²) >= 11 is 5.96. The van der Waals surface area contributed by atoms with Crippen LogP contribution in [0.4, 0.5) is 0 Å². The van der Waals surface area contributed by atoms with E-state index in [1.165, 1.54) is 24.3 Å². The second kappa shape index (κ2) is 8.59. The molecular weight excluding hydrogens is 444 g/mol. The van der Waals surface area contributed by atoms with Crippen molar-refractivity contribution in [2.45, 2.75) is 66.9 Å². The van der Waals surface area contributed by atoms with E-state index in [1.54, 1.807) is 16.4 Å². The van der Waals surface area contributed by atoms with Crippen LogP contribution in [0, 0.1) is 0 Å². The maximum Gasteiger partial charge on any atom is 0.243 e. The van der Waals surface area contributed by atoms with E-state index in [1.807, 2.05) is 12.1 Å². The van der Waals surface area contributed by atoms with Crippen LogP contribution in [0.1, 0.15) is 44.1 Å². The Morgan fingerprint density at radius 1 is 0.833 bits per heavy atom. The van der Waals surface area contributed by atoms with Gasteiger partial charge in [0.2, 0.25) is 20.0 Å². The van der Waals surface area contributed by atoms with Gasteiger partial charge >= 0.3 is 0 Å². The lowest BCUT2D eigenvalue weighted by molar-refractivity contribution is 0.316. The molecule has 0 aliphatic heterocycles. The maximum absolute atomic E-state index is 13.5. The number of halogens is 1. The summed E-state index contributed by atoms with van der Waals surface area (Å²) in [6.45, 7) is 0.257. The Bertz CT molecular complexity index is 1090. The lowest BCUT2D eigenvalue weighted by Gasteiger charge is -2.28. The number of hydrogen-bond donors (Lipinski definition) is 1. The predicted molar refractivity (Wildman–Crippen MR) is 116 cm³/mol. The van der Waals surface area contributed by atoms with Crippen molar-refractivity contribution in [2.24, 2.45) is 0 Å². The molecule has 0 spiro atoms. The van der Waals surface area contributed by atoms with Crippen LogP contribution in [0.2, 0.25) is 5.02 Å². The van der Waals surface area contributed by atoms with E-state index < -0.39 is 20.0 Å². The van der Waals surface area contributed by atoms with E-state index in [-0.39, 0.29) is 28.4 Å². The van der Waals surface area contributed by atoms with Gasteiger partial charge in [-0.25, -0.2) is 21.6 Å². The Balaban J connectivity index is 1.61. The van der Waals surface area contributed by atoms with Crippen LogP contribution in [-0.4, -0.2) is 33.2 Å². The fraction of sp³-hybridized carbons (Fsp3) is 0.429. The molecule has 2 aliphatic carbocycles. The molecule has 0 aromatic heterocycles. The van der Waals surface area contributed by atoms with E-state index in [4.69, 9.17) is 11.6 Å². The predicted octanol–water partition coefficient (Wildman–Crippen LogP) is 3.91. The van der Waals surface area contributed by atoms with E-state index in [9.17, 15) is 16.8 Å². The van der Waals surface area contributed by atoms with Gasteiger partial charge in [0, 0.05) is 23.7 Å². The normalized spacial score (nSPS) is 18.2. The van der Waals surface area contributed by atoms with Gasteiger partial charge in [-0.3, -0.25) is 0 Å². The summed E-state index contributed by atoms with van der Waals surface area (Å²) in [4.78, 5) is 0.187. The van der Waals surface area contributed by atoms with Gasteiger partial charge in [-0.2, -0.15) is 4.31 Å². The third kappa shape index (κ3) is 4.89.